The van der Waals surface area contributed by atoms with Crippen molar-refractivity contribution in [1.29, 1.82) is 0 Å². The van der Waals surface area contributed by atoms with Crippen LogP contribution in [0, 0.1) is 0 Å². The summed E-state index contributed by atoms with van der Waals surface area (Å²) in [5.41, 5.74) is -0.900. The Kier molecular flexibility index (Phi) is 4.13. The Morgan fingerprint density at radius 3 is 2.52 bits per heavy atom. The summed E-state index contributed by atoms with van der Waals surface area (Å²) in [6.07, 6.45) is -4.13. The van der Waals surface area contributed by atoms with E-state index in [9.17, 15) is 18.0 Å². The summed E-state index contributed by atoms with van der Waals surface area (Å²) in [5.74, 6) is 0.638. The number of alkyl halides is 3. The SMILES string of the molecule is CC(C)(C)c1nc2c(o1)CCN(C(=O)c1ccccc1C(F)(F)F)C2. The molecular formula is C18H19F3N2O2. The van der Waals surface area contributed by atoms with Gasteiger partial charge in [-0.1, -0.05) is 32.9 Å². The lowest BCUT2D eigenvalue weighted by atomic mass is 9.97. The Bertz CT molecular complexity index is 803. The molecule has 134 valence electrons. The molecule has 0 fully saturated rings. The Balaban J connectivity index is 1.88. The molecule has 0 spiro atoms. The molecule has 1 aromatic heterocycles. The zero-order valence-corrected chi connectivity index (χ0v) is 14.3. The Hall–Kier alpha value is -2.31. The third-order valence-corrected chi connectivity index (χ3v) is 4.12. The molecule has 7 heteroatoms. The largest absolute Gasteiger partial charge is 0.445 e. The predicted molar refractivity (Wildman–Crippen MR) is 85.1 cm³/mol. The van der Waals surface area contributed by atoms with Crippen molar-refractivity contribution in [3.8, 4) is 0 Å². The van der Waals surface area contributed by atoms with Gasteiger partial charge >= 0.3 is 6.18 Å². The maximum atomic E-state index is 13.2. The number of benzene rings is 1. The van der Waals surface area contributed by atoms with E-state index in [1.807, 2.05) is 20.8 Å². The van der Waals surface area contributed by atoms with Crippen LogP contribution in [0.1, 0.15) is 54.0 Å². The minimum absolute atomic E-state index is 0.153. The number of rotatable bonds is 1. The molecule has 25 heavy (non-hydrogen) atoms. The van der Waals surface area contributed by atoms with Crippen LogP contribution in [0.5, 0.6) is 0 Å². The van der Waals surface area contributed by atoms with Crippen molar-refractivity contribution in [3.63, 3.8) is 0 Å². The van der Waals surface area contributed by atoms with E-state index in [1.54, 1.807) is 0 Å². The summed E-state index contributed by atoms with van der Waals surface area (Å²) in [4.78, 5) is 18.5. The van der Waals surface area contributed by atoms with Crippen LogP contribution in [-0.4, -0.2) is 22.3 Å². The summed E-state index contributed by atoms with van der Waals surface area (Å²) in [7, 11) is 0. The highest BCUT2D eigenvalue weighted by atomic mass is 19.4. The number of hydrogen-bond donors (Lipinski definition) is 0. The van der Waals surface area contributed by atoms with E-state index in [2.05, 4.69) is 4.98 Å². The first kappa shape index (κ1) is 17.5. The quantitative estimate of drug-likeness (QED) is 0.773. The second kappa shape index (κ2) is 5.89. The molecule has 2 aromatic rings. The molecule has 0 bridgehead atoms. The van der Waals surface area contributed by atoms with Crippen LogP contribution >= 0.6 is 0 Å². The van der Waals surface area contributed by atoms with E-state index < -0.39 is 17.6 Å². The first-order chi connectivity index (χ1) is 11.6. The summed E-state index contributed by atoms with van der Waals surface area (Å²) in [5, 5.41) is 0. The number of hydrogen-bond acceptors (Lipinski definition) is 3. The molecule has 1 amide bonds. The average molecular weight is 352 g/mol. The van der Waals surface area contributed by atoms with Crippen LogP contribution in [0.2, 0.25) is 0 Å². The van der Waals surface area contributed by atoms with Crippen LogP contribution in [0.3, 0.4) is 0 Å². The van der Waals surface area contributed by atoms with Crippen molar-refractivity contribution in [3.05, 3.63) is 52.7 Å². The average Bonchev–Trinajstić information content (AvgIpc) is 2.96. The molecule has 0 aliphatic carbocycles. The Morgan fingerprint density at radius 1 is 1.20 bits per heavy atom. The van der Waals surface area contributed by atoms with Crippen molar-refractivity contribution in [2.45, 2.75) is 45.3 Å². The van der Waals surface area contributed by atoms with Gasteiger partial charge in [-0.25, -0.2) is 4.98 Å². The van der Waals surface area contributed by atoms with Crippen LogP contribution in [0.4, 0.5) is 13.2 Å². The van der Waals surface area contributed by atoms with E-state index in [1.165, 1.54) is 23.1 Å². The second-order valence-electron chi connectivity index (χ2n) is 7.16. The van der Waals surface area contributed by atoms with E-state index >= 15 is 0 Å². The van der Waals surface area contributed by atoms with Gasteiger partial charge in [0.1, 0.15) is 11.5 Å². The minimum Gasteiger partial charge on any atom is -0.445 e. The number of amides is 1. The monoisotopic (exact) mass is 352 g/mol. The van der Waals surface area contributed by atoms with E-state index in [0.29, 0.717) is 30.3 Å². The molecule has 2 heterocycles. The van der Waals surface area contributed by atoms with Gasteiger partial charge in [0.15, 0.2) is 5.89 Å². The highest BCUT2D eigenvalue weighted by Gasteiger charge is 2.37. The fourth-order valence-corrected chi connectivity index (χ4v) is 2.78. The molecule has 4 nitrogen and oxygen atoms in total. The van der Waals surface area contributed by atoms with Crippen molar-refractivity contribution in [2.24, 2.45) is 0 Å². The zero-order chi connectivity index (χ0) is 18.4. The van der Waals surface area contributed by atoms with E-state index in [-0.39, 0.29) is 17.5 Å². The lowest BCUT2D eigenvalue weighted by molar-refractivity contribution is -0.138. The maximum absolute atomic E-state index is 13.2. The van der Waals surface area contributed by atoms with E-state index in [0.717, 1.165) is 6.07 Å². The summed E-state index contributed by atoms with van der Waals surface area (Å²) in [6, 6.07) is 4.85. The molecule has 0 radical (unpaired) electrons. The zero-order valence-electron chi connectivity index (χ0n) is 14.3. The van der Waals surface area contributed by atoms with Crippen LogP contribution in [0.15, 0.2) is 28.7 Å². The maximum Gasteiger partial charge on any atom is 0.417 e. The van der Waals surface area contributed by atoms with Crippen molar-refractivity contribution < 1.29 is 22.4 Å². The van der Waals surface area contributed by atoms with Gasteiger partial charge in [-0.15, -0.1) is 0 Å². The molecule has 1 aliphatic rings. The number of halogens is 3. The van der Waals surface area contributed by atoms with Gasteiger partial charge in [0.2, 0.25) is 0 Å². The number of nitrogens with zero attached hydrogens (tertiary/aromatic N) is 2. The molecule has 0 N–H and O–H groups in total. The first-order valence-corrected chi connectivity index (χ1v) is 8.02. The van der Waals surface area contributed by atoms with Gasteiger partial charge < -0.3 is 9.32 Å². The molecule has 3 rings (SSSR count). The van der Waals surface area contributed by atoms with Crippen molar-refractivity contribution >= 4 is 5.91 Å². The summed E-state index contributed by atoms with van der Waals surface area (Å²) in [6.45, 7) is 6.35. The fraction of sp³-hybridized carbons (Fsp3) is 0.444. The normalized spacial score (nSPS) is 15.2. The second-order valence-corrected chi connectivity index (χ2v) is 7.16. The number of oxazole rings is 1. The molecule has 0 saturated carbocycles. The Labute approximate surface area is 143 Å². The molecule has 0 saturated heterocycles. The molecule has 1 aliphatic heterocycles. The molecular weight excluding hydrogens is 333 g/mol. The van der Waals surface area contributed by atoms with Gasteiger partial charge in [-0.2, -0.15) is 13.2 Å². The Morgan fingerprint density at radius 2 is 1.88 bits per heavy atom. The number of carbonyl (C=O) groups is 1. The van der Waals surface area contributed by atoms with Gasteiger partial charge in [0, 0.05) is 18.4 Å². The topological polar surface area (TPSA) is 46.3 Å². The first-order valence-electron chi connectivity index (χ1n) is 8.02. The van der Waals surface area contributed by atoms with Gasteiger partial charge in [-0.05, 0) is 12.1 Å². The van der Waals surface area contributed by atoms with Gasteiger partial charge in [0.05, 0.1) is 17.7 Å². The highest BCUT2D eigenvalue weighted by Crippen LogP contribution is 2.33. The van der Waals surface area contributed by atoms with Gasteiger partial charge in [-0.3, -0.25) is 4.79 Å². The number of aromatic nitrogens is 1. The number of fused-ring (bicyclic) bond motifs is 1. The lowest BCUT2D eigenvalue weighted by Gasteiger charge is -2.26. The summed E-state index contributed by atoms with van der Waals surface area (Å²) >= 11 is 0. The standard InChI is InChI=1S/C18H19F3N2O2/c1-17(2,3)16-22-13-10-23(9-8-14(13)25-16)15(24)11-6-4-5-7-12(11)18(19,20)21/h4-7H,8-10H2,1-3H3. The number of carbonyl (C=O) groups excluding carboxylic acids is 1. The van der Waals surface area contributed by atoms with Crippen molar-refractivity contribution in [2.75, 3.05) is 6.54 Å². The third-order valence-electron chi connectivity index (χ3n) is 4.12. The molecule has 0 unspecified atom stereocenters. The van der Waals surface area contributed by atoms with Crippen LogP contribution in [-0.2, 0) is 24.6 Å². The van der Waals surface area contributed by atoms with Crippen LogP contribution in [0.25, 0.3) is 0 Å². The van der Waals surface area contributed by atoms with E-state index in [4.69, 9.17) is 4.42 Å². The lowest BCUT2D eigenvalue weighted by Crippen LogP contribution is -2.36. The molecule has 1 aromatic carbocycles. The van der Waals surface area contributed by atoms with Gasteiger partial charge in [0.25, 0.3) is 5.91 Å². The summed E-state index contributed by atoms with van der Waals surface area (Å²) < 4.78 is 45.2. The van der Waals surface area contributed by atoms with Crippen LogP contribution < -0.4 is 0 Å². The fourth-order valence-electron chi connectivity index (χ4n) is 2.78. The molecule has 0 atom stereocenters. The predicted octanol–water partition coefficient (Wildman–Crippen LogP) is 4.19. The van der Waals surface area contributed by atoms with Crippen molar-refractivity contribution in [1.82, 2.24) is 9.88 Å². The smallest absolute Gasteiger partial charge is 0.417 e. The highest BCUT2D eigenvalue weighted by molar-refractivity contribution is 5.96. The minimum atomic E-state index is -4.57. The third kappa shape index (κ3) is 3.41.